The van der Waals surface area contributed by atoms with Gasteiger partial charge in [-0.1, -0.05) is 29.3 Å². The molecule has 0 aromatic heterocycles. The molecular weight excluding hydrogens is 417 g/mol. The Labute approximate surface area is 177 Å². The Morgan fingerprint density at radius 3 is 2.55 bits per heavy atom. The number of ether oxygens (including phenoxy) is 3. The van der Waals surface area contributed by atoms with Crippen LogP contribution in [0.5, 0.6) is 11.5 Å². The van der Waals surface area contributed by atoms with E-state index in [0.717, 1.165) is 0 Å². The van der Waals surface area contributed by atoms with Crippen LogP contribution in [-0.4, -0.2) is 32.7 Å². The van der Waals surface area contributed by atoms with Crippen LogP contribution in [0.1, 0.15) is 10.4 Å². The van der Waals surface area contributed by atoms with Crippen molar-refractivity contribution in [1.82, 2.24) is 0 Å². The highest BCUT2D eigenvalue weighted by molar-refractivity contribution is 6.39. The van der Waals surface area contributed by atoms with Crippen molar-refractivity contribution in [2.45, 2.75) is 0 Å². The molecule has 0 aliphatic carbocycles. The first-order chi connectivity index (χ1) is 13.9. The zero-order valence-electron chi connectivity index (χ0n) is 15.6. The van der Waals surface area contributed by atoms with Crippen molar-refractivity contribution in [3.05, 3.63) is 64.1 Å². The summed E-state index contributed by atoms with van der Waals surface area (Å²) >= 11 is 12.4. The maximum Gasteiger partial charge on any atom is 0.338 e. The highest BCUT2D eigenvalue weighted by atomic mass is 35.5. The van der Waals surface area contributed by atoms with Gasteiger partial charge < -0.3 is 19.5 Å². The number of halogens is 2. The van der Waals surface area contributed by atoms with Crippen LogP contribution in [0, 0.1) is 0 Å². The van der Waals surface area contributed by atoms with Crippen molar-refractivity contribution in [1.29, 1.82) is 0 Å². The van der Waals surface area contributed by atoms with Crippen LogP contribution in [0.3, 0.4) is 0 Å². The van der Waals surface area contributed by atoms with Gasteiger partial charge >= 0.3 is 5.97 Å². The largest absolute Gasteiger partial charge is 0.497 e. The summed E-state index contributed by atoms with van der Waals surface area (Å²) in [6.07, 6.45) is 0. The number of carbonyl (C=O) groups excluding carboxylic acids is 2. The number of rotatable bonds is 6. The molecule has 3 rings (SSSR count). The van der Waals surface area contributed by atoms with Gasteiger partial charge in [0.05, 0.1) is 24.8 Å². The summed E-state index contributed by atoms with van der Waals surface area (Å²) in [6.45, 7) is -0.296. The second-order valence-corrected chi connectivity index (χ2v) is 6.86. The van der Waals surface area contributed by atoms with E-state index in [2.05, 4.69) is 5.32 Å². The number of nitrogens with one attached hydrogen (secondary N) is 1. The lowest BCUT2D eigenvalue weighted by Crippen LogP contribution is -2.20. The van der Waals surface area contributed by atoms with Crippen molar-refractivity contribution in [3.63, 3.8) is 0 Å². The molecule has 1 amide bonds. The molecule has 29 heavy (non-hydrogen) atoms. The van der Waals surface area contributed by atoms with Gasteiger partial charge in [-0.15, -0.1) is 0 Å². The van der Waals surface area contributed by atoms with E-state index < -0.39 is 5.97 Å². The zero-order valence-corrected chi connectivity index (χ0v) is 17.1. The molecule has 3 aromatic carbocycles. The van der Waals surface area contributed by atoms with Crippen molar-refractivity contribution in [2.24, 2.45) is 0 Å². The fourth-order valence-corrected chi connectivity index (χ4v) is 3.38. The molecule has 0 aliphatic rings. The summed E-state index contributed by atoms with van der Waals surface area (Å²) in [5, 5.41) is 4.60. The van der Waals surface area contributed by atoms with Gasteiger partial charge in [-0.3, -0.25) is 4.79 Å². The lowest BCUT2D eigenvalue weighted by Gasteiger charge is -2.13. The molecule has 150 valence electrons. The molecule has 6 nitrogen and oxygen atoms in total. The van der Waals surface area contributed by atoms with Gasteiger partial charge in [0.2, 0.25) is 0 Å². The molecule has 0 saturated carbocycles. The highest BCUT2D eigenvalue weighted by Crippen LogP contribution is 2.36. The number of amides is 1. The number of fused-ring (bicyclic) bond motifs is 1. The van der Waals surface area contributed by atoms with Gasteiger partial charge in [0, 0.05) is 22.2 Å². The van der Waals surface area contributed by atoms with Gasteiger partial charge in [0.15, 0.2) is 6.61 Å². The predicted molar refractivity (Wildman–Crippen MR) is 112 cm³/mol. The van der Waals surface area contributed by atoms with E-state index in [-0.39, 0.29) is 23.8 Å². The first-order valence-electron chi connectivity index (χ1n) is 8.49. The first kappa shape index (κ1) is 20.8. The Hall–Kier alpha value is -2.96. The van der Waals surface area contributed by atoms with Crippen LogP contribution < -0.4 is 14.8 Å². The molecule has 0 aliphatic heterocycles. The topological polar surface area (TPSA) is 73.9 Å². The molecule has 0 heterocycles. The minimum Gasteiger partial charge on any atom is -0.497 e. The van der Waals surface area contributed by atoms with E-state index in [9.17, 15) is 9.59 Å². The Morgan fingerprint density at radius 1 is 1.03 bits per heavy atom. The van der Waals surface area contributed by atoms with Crippen molar-refractivity contribution >= 4 is 51.5 Å². The summed E-state index contributed by atoms with van der Waals surface area (Å²) in [7, 11) is 2.82. The van der Waals surface area contributed by atoms with Crippen LogP contribution in [0.15, 0.2) is 48.5 Å². The number of hydrogen-bond donors (Lipinski definition) is 1. The summed E-state index contributed by atoms with van der Waals surface area (Å²) in [4.78, 5) is 24.3. The lowest BCUT2D eigenvalue weighted by molar-refractivity contribution is -0.118. The quantitative estimate of drug-likeness (QED) is 0.556. The Balaban J connectivity index is 1.86. The van der Waals surface area contributed by atoms with Crippen LogP contribution in [0.4, 0.5) is 5.69 Å². The maximum atomic E-state index is 12.3. The number of benzene rings is 3. The van der Waals surface area contributed by atoms with Crippen molar-refractivity contribution < 1.29 is 23.8 Å². The Kier molecular flexibility index (Phi) is 6.46. The molecule has 3 aromatic rings. The standard InChI is InChI=1S/C21H17Cl2NO5/c1-27-16-5-3-4-15(10-16)24-19(25)11-29-18-8-13(21(26)28-2)6-12-7-14(22)9-17(23)20(12)18/h3-10H,11H2,1-2H3,(H,24,25). The maximum absolute atomic E-state index is 12.3. The van der Waals surface area contributed by atoms with Crippen LogP contribution in [0.2, 0.25) is 10.0 Å². The lowest BCUT2D eigenvalue weighted by atomic mass is 10.1. The summed E-state index contributed by atoms with van der Waals surface area (Å²) in [6, 6.07) is 13.2. The molecule has 0 spiro atoms. The van der Waals surface area contributed by atoms with E-state index in [0.29, 0.717) is 32.3 Å². The highest BCUT2D eigenvalue weighted by Gasteiger charge is 2.16. The molecule has 0 bridgehead atoms. The third kappa shape index (κ3) is 4.91. The zero-order chi connectivity index (χ0) is 21.0. The van der Waals surface area contributed by atoms with Crippen LogP contribution in [0.25, 0.3) is 10.8 Å². The third-order valence-corrected chi connectivity index (χ3v) is 4.58. The minimum atomic E-state index is -0.548. The van der Waals surface area contributed by atoms with Gasteiger partial charge in [-0.2, -0.15) is 0 Å². The van der Waals surface area contributed by atoms with E-state index in [4.69, 9.17) is 37.4 Å². The summed E-state index contributed by atoms with van der Waals surface area (Å²) in [5.41, 5.74) is 0.817. The van der Waals surface area contributed by atoms with E-state index in [1.807, 2.05) is 0 Å². The van der Waals surface area contributed by atoms with Crippen LogP contribution >= 0.6 is 23.2 Å². The van der Waals surface area contributed by atoms with Crippen molar-refractivity contribution in [2.75, 3.05) is 26.1 Å². The van der Waals surface area contributed by atoms with Gasteiger partial charge in [0.1, 0.15) is 11.5 Å². The second kappa shape index (κ2) is 9.03. The van der Waals surface area contributed by atoms with Gasteiger partial charge in [0.25, 0.3) is 5.91 Å². The van der Waals surface area contributed by atoms with E-state index in [1.165, 1.54) is 13.2 Å². The van der Waals surface area contributed by atoms with Gasteiger partial charge in [-0.25, -0.2) is 4.79 Å². The number of hydrogen-bond acceptors (Lipinski definition) is 5. The van der Waals surface area contributed by atoms with E-state index >= 15 is 0 Å². The molecule has 0 atom stereocenters. The fraction of sp³-hybridized carbons (Fsp3) is 0.143. The molecule has 0 unspecified atom stereocenters. The minimum absolute atomic E-state index is 0.251. The number of esters is 1. The monoisotopic (exact) mass is 433 g/mol. The Bertz CT molecular complexity index is 1080. The average molecular weight is 434 g/mol. The summed E-state index contributed by atoms with van der Waals surface area (Å²) in [5.74, 6) is -0.0526. The molecule has 8 heteroatoms. The SMILES string of the molecule is COC(=O)c1cc(OCC(=O)Nc2cccc(OC)c2)c2c(Cl)cc(Cl)cc2c1. The molecular formula is C21H17Cl2NO5. The fourth-order valence-electron chi connectivity index (χ4n) is 2.78. The summed E-state index contributed by atoms with van der Waals surface area (Å²) < 4.78 is 15.6. The third-order valence-electron chi connectivity index (χ3n) is 4.06. The van der Waals surface area contributed by atoms with E-state index in [1.54, 1.807) is 49.6 Å². The number of carbonyl (C=O) groups is 2. The Morgan fingerprint density at radius 2 is 1.83 bits per heavy atom. The molecule has 0 radical (unpaired) electrons. The predicted octanol–water partition coefficient (Wildman–Crippen LogP) is 4.96. The molecule has 0 saturated heterocycles. The van der Waals surface area contributed by atoms with Crippen molar-refractivity contribution in [3.8, 4) is 11.5 Å². The normalized spacial score (nSPS) is 10.5. The van der Waals surface area contributed by atoms with Gasteiger partial charge in [-0.05, 0) is 41.8 Å². The second-order valence-electron chi connectivity index (χ2n) is 6.02. The number of anilines is 1. The molecule has 0 fully saturated rings. The van der Waals surface area contributed by atoms with Crippen LogP contribution in [-0.2, 0) is 9.53 Å². The number of methoxy groups -OCH3 is 2. The molecule has 1 N–H and O–H groups in total. The smallest absolute Gasteiger partial charge is 0.338 e. The first-order valence-corrected chi connectivity index (χ1v) is 9.24. The average Bonchev–Trinajstić information content (AvgIpc) is 2.70.